The summed E-state index contributed by atoms with van der Waals surface area (Å²) < 4.78 is 21.6. The summed E-state index contributed by atoms with van der Waals surface area (Å²) in [6.45, 7) is 2.34. The van der Waals surface area contributed by atoms with E-state index in [1.165, 1.54) is 30.2 Å². The monoisotopic (exact) mass is 543 g/mol. The molecule has 0 saturated carbocycles. The van der Waals surface area contributed by atoms with E-state index in [1.807, 2.05) is 4.57 Å². The van der Waals surface area contributed by atoms with Crippen molar-refractivity contribution in [2.75, 3.05) is 13.7 Å². The van der Waals surface area contributed by atoms with Gasteiger partial charge in [-0.15, -0.1) is 0 Å². The van der Waals surface area contributed by atoms with Crippen molar-refractivity contribution < 1.29 is 28.9 Å². The third-order valence-electron chi connectivity index (χ3n) is 5.95. The Hall–Kier alpha value is -3.66. The predicted molar refractivity (Wildman–Crippen MR) is 129 cm³/mol. The van der Waals surface area contributed by atoms with Gasteiger partial charge in [0.2, 0.25) is 0 Å². The minimum atomic E-state index is -0.979. The molecule has 0 bridgehead atoms. The largest absolute Gasteiger partial charge is 0.507 e. The maximum absolute atomic E-state index is 14.2. The van der Waals surface area contributed by atoms with Crippen LogP contribution in [0.15, 0.2) is 59.1 Å². The van der Waals surface area contributed by atoms with E-state index in [0.717, 1.165) is 6.07 Å². The molecule has 0 radical (unpaired) electrons. The molecule has 4 rings (SSSR count). The van der Waals surface area contributed by atoms with E-state index in [2.05, 4.69) is 20.9 Å². The molecule has 0 aliphatic carbocycles. The Labute approximate surface area is 209 Å². The van der Waals surface area contributed by atoms with Gasteiger partial charge in [0.25, 0.3) is 11.7 Å². The maximum Gasteiger partial charge on any atom is 0.295 e. The van der Waals surface area contributed by atoms with Crippen LogP contribution >= 0.6 is 15.9 Å². The fraction of sp³-hybridized carbons (Fsp3) is 0.240. The SMILES string of the molecule is COc1cc([C@@H]2C(=C(O)c3ccc(C)c(F)c3)C(=O)C(=O)N2CCCn2ccnc2)cc(Br)c1O. The van der Waals surface area contributed by atoms with Gasteiger partial charge in [0.1, 0.15) is 11.6 Å². The summed E-state index contributed by atoms with van der Waals surface area (Å²) in [4.78, 5) is 31.6. The lowest BCUT2D eigenvalue weighted by Crippen LogP contribution is -2.31. The number of hydrogen-bond acceptors (Lipinski definition) is 6. The number of ketones is 1. The molecule has 8 nitrogen and oxygen atoms in total. The number of methoxy groups -OCH3 is 1. The van der Waals surface area contributed by atoms with Crippen LogP contribution in [0, 0.1) is 12.7 Å². The summed E-state index contributed by atoms with van der Waals surface area (Å²) in [6, 6.07) is 6.18. The molecule has 1 atom stereocenters. The van der Waals surface area contributed by atoms with Crippen LogP contribution in [0.3, 0.4) is 0 Å². The molecule has 3 aromatic rings. The van der Waals surface area contributed by atoms with Crippen LogP contribution in [-0.2, 0) is 16.1 Å². The molecule has 2 aromatic carbocycles. The molecule has 1 aliphatic rings. The highest BCUT2D eigenvalue weighted by atomic mass is 79.9. The van der Waals surface area contributed by atoms with Gasteiger partial charge in [0, 0.05) is 31.0 Å². The molecule has 2 heterocycles. The average molecular weight is 544 g/mol. The third kappa shape index (κ3) is 4.66. The third-order valence-corrected chi connectivity index (χ3v) is 6.55. The summed E-state index contributed by atoms with van der Waals surface area (Å²) in [5.74, 6) is -2.70. The van der Waals surface area contributed by atoms with Crippen molar-refractivity contribution in [3.63, 3.8) is 0 Å². The first-order valence-corrected chi connectivity index (χ1v) is 11.6. The second kappa shape index (κ2) is 9.91. The van der Waals surface area contributed by atoms with Gasteiger partial charge in [0.15, 0.2) is 11.5 Å². The summed E-state index contributed by atoms with van der Waals surface area (Å²) in [7, 11) is 1.38. The highest BCUT2D eigenvalue weighted by molar-refractivity contribution is 9.10. The summed E-state index contributed by atoms with van der Waals surface area (Å²) in [6.07, 6.45) is 5.60. The van der Waals surface area contributed by atoms with Gasteiger partial charge >= 0.3 is 0 Å². The fourth-order valence-corrected chi connectivity index (χ4v) is 4.56. The number of rotatable bonds is 7. The van der Waals surface area contributed by atoms with Gasteiger partial charge in [0.05, 0.1) is 29.5 Å². The summed E-state index contributed by atoms with van der Waals surface area (Å²) >= 11 is 3.28. The van der Waals surface area contributed by atoms with Crippen LogP contribution in [0.2, 0.25) is 0 Å². The van der Waals surface area contributed by atoms with Crippen molar-refractivity contribution in [3.8, 4) is 11.5 Å². The first kappa shape index (κ1) is 24.5. The van der Waals surface area contributed by atoms with Gasteiger partial charge in [-0.1, -0.05) is 12.1 Å². The number of amides is 1. The van der Waals surface area contributed by atoms with E-state index in [1.54, 1.807) is 31.7 Å². The first-order valence-electron chi connectivity index (χ1n) is 10.8. The van der Waals surface area contributed by atoms with E-state index in [-0.39, 0.29) is 33.7 Å². The van der Waals surface area contributed by atoms with E-state index in [0.29, 0.717) is 24.1 Å². The van der Waals surface area contributed by atoms with E-state index < -0.39 is 29.3 Å². The number of phenolic OH excluding ortho intramolecular Hbond substituents is 1. The molecule has 1 fully saturated rings. The molecule has 1 aliphatic heterocycles. The number of carbonyl (C=O) groups excluding carboxylic acids is 2. The number of likely N-dealkylation sites (tertiary alicyclic amines) is 1. The number of ether oxygens (including phenoxy) is 1. The molecule has 182 valence electrons. The fourth-order valence-electron chi connectivity index (χ4n) is 4.10. The van der Waals surface area contributed by atoms with Gasteiger partial charge in [-0.05, 0) is 58.6 Å². The molecule has 10 heteroatoms. The van der Waals surface area contributed by atoms with Crippen molar-refractivity contribution in [1.29, 1.82) is 0 Å². The second-order valence-corrected chi connectivity index (χ2v) is 9.02. The standard InChI is InChI=1S/C25H23BrFN3O5/c1-14-4-5-15(11-18(14)27)22(31)20-21(16-10-17(26)23(32)19(12-16)35-2)30(25(34)24(20)33)8-3-7-29-9-6-28-13-29/h4-6,9-13,21,31-32H,3,7-8H2,1-2H3/t21-/m1/s1. The molecule has 35 heavy (non-hydrogen) atoms. The quantitative estimate of drug-likeness (QED) is 0.261. The Bertz CT molecular complexity index is 1320. The lowest BCUT2D eigenvalue weighted by atomic mass is 9.94. The van der Waals surface area contributed by atoms with Crippen LogP contribution in [0.4, 0.5) is 4.39 Å². The minimum absolute atomic E-state index is 0.0827. The minimum Gasteiger partial charge on any atom is -0.507 e. The van der Waals surface area contributed by atoms with Gasteiger partial charge < -0.3 is 24.4 Å². The number of Topliss-reactive ketones (excluding diaryl/α,β-unsaturated/α-hetero) is 1. The van der Waals surface area contributed by atoms with Crippen molar-refractivity contribution in [1.82, 2.24) is 14.5 Å². The molecule has 2 N–H and O–H groups in total. The summed E-state index contributed by atoms with van der Waals surface area (Å²) in [5.41, 5.74) is 0.729. The van der Waals surface area contributed by atoms with Crippen LogP contribution < -0.4 is 4.74 Å². The Morgan fingerprint density at radius 2 is 2.00 bits per heavy atom. The zero-order valence-electron chi connectivity index (χ0n) is 19.0. The number of imidazole rings is 1. The van der Waals surface area contributed by atoms with E-state index >= 15 is 0 Å². The lowest BCUT2D eigenvalue weighted by Gasteiger charge is -2.26. The Kier molecular flexibility index (Phi) is 6.93. The number of aliphatic hydroxyl groups is 1. The zero-order chi connectivity index (χ0) is 25.3. The number of aryl methyl sites for hydroxylation is 2. The van der Waals surface area contributed by atoms with Gasteiger partial charge in [-0.25, -0.2) is 9.37 Å². The van der Waals surface area contributed by atoms with Gasteiger partial charge in [-0.2, -0.15) is 0 Å². The van der Waals surface area contributed by atoms with Crippen molar-refractivity contribution in [2.45, 2.75) is 25.9 Å². The number of aliphatic hydroxyl groups excluding tert-OH is 1. The number of benzene rings is 2. The molecule has 1 amide bonds. The number of hydrogen-bond donors (Lipinski definition) is 2. The number of aromatic nitrogens is 2. The highest BCUT2D eigenvalue weighted by Crippen LogP contribution is 2.44. The van der Waals surface area contributed by atoms with Crippen LogP contribution in [0.1, 0.15) is 29.2 Å². The molecular weight excluding hydrogens is 521 g/mol. The molecule has 0 spiro atoms. The second-order valence-electron chi connectivity index (χ2n) is 8.16. The van der Waals surface area contributed by atoms with Crippen molar-refractivity contribution in [3.05, 3.63) is 81.6 Å². The van der Waals surface area contributed by atoms with Crippen molar-refractivity contribution >= 4 is 33.4 Å². The number of aromatic hydroxyl groups is 1. The maximum atomic E-state index is 14.2. The predicted octanol–water partition coefficient (Wildman–Crippen LogP) is 4.32. The summed E-state index contributed by atoms with van der Waals surface area (Å²) in [5, 5.41) is 21.4. The van der Waals surface area contributed by atoms with Gasteiger partial charge in [-0.3, -0.25) is 9.59 Å². The first-order chi connectivity index (χ1) is 16.7. The number of phenols is 1. The molecule has 1 aromatic heterocycles. The van der Waals surface area contributed by atoms with Crippen molar-refractivity contribution in [2.24, 2.45) is 0 Å². The number of nitrogens with zero attached hydrogens (tertiary/aromatic N) is 3. The zero-order valence-corrected chi connectivity index (χ0v) is 20.6. The number of halogens is 2. The Balaban J connectivity index is 1.82. The smallest absolute Gasteiger partial charge is 0.295 e. The lowest BCUT2D eigenvalue weighted by molar-refractivity contribution is -0.139. The van der Waals surface area contributed by atoms with Crippen LogP contribution in [0.25, 0.3) is 5.76 Å². The normalized spacial score (nSPS) is 17.3. The van der Waals surface area contributed by atoms with Crippen LogP contribution in [-0.4, -0.2) is 50.0 Å². The van der Waals surface area contributed by atoms with E-state index in [4.69, 9.17) is 4.74 Å². The molecular formula is C25H23BrFN3O5. The Morgan fingerprint density at radius 3 is 2.66 bits per heavy atom. The average Bonchev–Trinajstić information content (AvgIpc) is 3.44. The highest BCUT2D eigenvalue weighted by Gasteiger charge is 2.46. The molecule has 0 unspecified atom stereocenters. The molecule has 1 saturated heterocycles. The van der Waals surface area contributed by atoms with E-state index in [9.17, 15) is 24.2 Å². The Morgan fingerprint density at radius 1 is 1.23 bits per heavy atom. The topological polar surface area (TPSA) is 105 Å². The van der Waals surface area contributed by atoms with Crippen LogP contribution in [0.5, 0.6) is 11.5 Å². The number of carbonyl (C=O) groups is 2.